The van der Waals surface area contributed by atoms with Crippen LogP contribution in [0.2, 0.25) is 0 Å². The monoisotopic (exact) mass is 241 g/mol. The molecule has 1 aromatic carbocycles. The molecule has 3 nitrogen and oxygen atoms in total. The van der Waals surface area contributed by atoms with E-state index in [0.717, 1.165) is 11.1 Å². The summed E-state index contributed by atoms with van der Waals surface area (Å²) in [6.07, 6.45) is -0.207. The van der Waals surface area contributed by atoms with Gasteiger partial charge in [0.05, 0.1) is 12.8 Å². The summed E-state index contributed by atoms with van der Waals surface area (Å²) in [4.78, 5) is 0. The lowest BCUT2D eigenvalue weighted by Gasteiger charge is -2.22. The summed E-state index contributed by atoms with van der Waals surface area (Å²) in [5.74, 6) is 0.191. The standard InChI is InChI=1S/C13H20FNO2/c1-9-8-11(16)4-5-12(9)13(17)10(2)15-7-3-6-14/h4-5,8,10,13,15-17H,3,6-7H2,1-2H3. The summed E-state index contributed by atoms with van der Waals surface area (Å²) in [5.41, 5.74) is 1.62. The van der Waals surface area contributed by atoms with E-state index in [-0.39, 0.29) is 18.5 Å². The molecule has 0 radical (unpaired) electrons. The SMILES string of the molecule is Cc1cc(O)ccc1C(O)C(C)NCCCF. The zero-order valence-electron chi connectivity index (χ0n) is 10.3. The Morgan fingerprint density at radius 2 is 2.12 bits per heavy atom. The van der Waals surface area contributed by atoms with E-state index in [1.807, 2.05) is 13.8 Å². The van der Waals surface area contributed by atoms with Gasteiger partial charge < -0.3 is 15.5 Å². The molecule has 0 spiro atoms. The number of alkyl halides is 1. The van der Waals surface area contributed by atoms with Crippen LogP contribution in [0.1, 0.15) is 30.6 Å². The summed E-state index contributed by atoms with van der Waals surface area (Å²) in [6.45, 7) is 3.89. The highest BCUT2D eigenvalue weighted by molar-refractivity contribution is 5.35. The Morgan fingerprint density at radius 1 is 1.41 bits per heavy atom. The Balaban J connectivity index is 2.64. The van der Waals surface area contributed by atoms with E-state index in [1.165, 1.54) is 0 Å². The van der Waals surface area contributed by atoms with E-state index in [4.69, 9.17) is 0 Å². The van der Waals surface area contributed by atoms with Crippen LogP contribution in [0.4, 0.5) is 4.39 Å². The minimum Gasteiger partial charge on any atom is -0.508 e. The molecule has 0 saturated heterocycles. The summed E-state index contributed by atoms with van der Waals surface area (Å²) in [6, 6.07) is 4.74. The maximum Gasteiger partial charge on any atom is 0.115 e. The molecule has 0 heterocycles. The highest BCUT2D eigenvalue weighted by Crippen LogP contribution is 2.23. The average molecular weight is 241 g/mol. The Bertz CT molecular complexity index is 357. The van der Waals surface area contributed by atoms with E-state index in [2.05, 4.69) is 5.32 Å². The van der Waals surface area contributed by atoms with Gasteiger partial charge in [0.1, 0.15) is 5.75 Å². The number of aryl methyl sites for hydroxylation is 1. The van der Waals surface area contributed by atoms with Crippen molar-refractivity contribution < 1.29 is 14.6 Å². The minimum atomic E-state index is -0.657. The molecule has 0 aromatic heterocycles. The number of aliphatic hydroxyl groups is 1. The first-order valence-electron chi connectivity index (χ1n) is 5.83. The van der Waals surface area contributed by atoms with Crippen LogP contribution >= 0.6 is 0 Å². The van der Waals surface area contributed by atoms with Gasteiger partial charge in [-0.2, -0.15) is 0 Å². The third-order valence-electron chi connectivity index (χ3n) is 2.82. The zero-order valence-corrected chi connectivity index (χ0v) is 10.3. The maximum atomic E-state index is 11.9. The smallest absolute Gasteiger partial charge is 0.115 e. The minimum absolute atomic E-state index is 0.148. The largest absolute Gasteiger partial charge is 0.508 e. The van der Waals surface area contributed by atoms with E-state index >= 15 is 0 Å². The molecule has 17 heavy (non-hydrogen) atoms. The van der Waals surface area contributed by atoms with Crippen LogP contribution in [-0.2, 0) is 0 Å². The number of rotatable bonds is 6. The first-order valence-corrected chi connectivity index (χ1v) is 5.83. The quantitative estimate of drug-likeness (QED) is 0.668. The van der Waals surface area contributed by atoms with Crippen molar-refractivity contribution in [3.8, 4) is 5.75 Å². The van der Waals surface area contributed by atoms with Crippen LogP contribution in [0.3, 0.4) is 0 Å². The summed E-state index contributed by atoms with van der Waals surface area (Å²) < 4.78 is 11.9. The maximum absolute atomic E-state index is 11.9. The van der Waals surface area contributed by atoms with Gasteiger partial charge in [-0.1, -0.05) is 6.07 Å². The molecule has 0 amide bonds. The van der Waals surface area contributed by atoms with Crippen molar-refractivity contribution in [1.82, 2.24) is 5.32 Å². The molecule has 1 rings (SSSR count). The van der Waals surface area contributed by atoms with Crippen LogP contribution in [0, 0.1) is 6.92 Å². The molecular weight excluding hydrogens is 221 g/mol. The van der Waals surface area contributed by atoms with Gasteiger partial charge >= 0.3 is 0 Å². The lowest BCUT2D eigenvalue weighted by Crippen LogP contribution is -2.33. The van der Waals surface area contributed by atoms with Gasteiger partial charge in [0.2, 0.25) is 0 Å². The number of phenols is 1. The molecule has 2 atom stereocenters. The molecule has 0 aliphatic heterocycles. The molecular formula is C13H20FNO2. The van der Waals surface area contributed by atoms with Crippen molar-refractivity contribution in [3.63, 3.8) is 0 Å². The van der Waals surface area contributed by atoms with Crippen molar-refractivity contribution in [2.75, 3.05) is 13.2 Å². The third-order valence-corrected chi connectivity index (χ3v) is 2.82. The van der Waals surface area contributed by atoms with Gasteiger partial charge in [0.25, 0.3) is 0 Å². The van der Waals surface area contributed by atoms with E-state index in [9.17, 15) is 14.6 Å². The van der Waals surface area contributed by atoms with E-state index in [0.29, 0.717) is 13.0 Å². The van der Waals surface area contributed by atoms with E-state index < -0.39 is 6.10 Å². The fourth-order valence-corrected chi connectivity index (χ4v) is 1.77. The predicted octanol–water partition coefficient (Wildman–Crippen LogP) is 2.07. The topological polar surface area (TPSA) is 52.5 Å². The molecule has 4 heteroatoms. The van der Waals surface area contributed by atoms with Gasteiger partial charge in [-0.05, 0) is 50.1 Å². The van der Waals surface area contributed by atoms with Crippen molar-refractivity contribution >= 4 is 0 Å². The zero-order chi connectivity index (χ0) is 12.8. The van der Waals surface area contributed by atoms with Crippen molar-refractivity contribution in [2.45, 2.75) is 32.4 Å². The highest BCUT2D eigenvalue weighted by Gasteiger charge is 2.17. The van der Waals surface area contributed by atoms with Crippen LogP contribution in [0.25, 0.3) is 0 Å². The number of aliphatic hydroxyl groups excluding tert-OH is 1. The Hall–Kier alpha value is -1.13. The summed E-state index contributed by atoms with van der Waals surface area (Å²) in [5, 5.41) is 22.5. The fraction of sp³-hybridized carbons (Fsp3) is 0.538. The summed E-state index contributed by atoms with van der Waals surface area (Å²) >= 11 is 0. The number of benzene rings is 1. The van der Waals surface area contributed by atoms with Gasteiger partial charge in [0.15, 0.2) is 0 Å². The van der Waals surface area contributed by atoms with Crippen LogP contribution in [0.15, 0.2) is 18.2 Å². The van der Waals surface area contributed by atoms with Crippen molar-refractivity contribution in [3.05, 3.63) is 29.3 Å². The number of hydrogen-bond donors (Lipinski definition) is 3. The van der Waals surface area contributed by atoms with Gasteiger partial charge in [-0.3, -0.25) is 4.39 Å². The van der Waals surface area contributed by atoms with Gasteiger partial charge in [-0.15, -0.1) is 0 Å². The van der Waals surface area contributed by atoms with Gasteiger partial charge in [-0.25, -0.2) is 0 Å². The average Bonchev–Trinajstić information content (AvgIpc) is 2.28. The first kappa shape index (κ1) is 13.9. The van der Waals surface area contributed by atoms with Gasteiger partial charge in [0, 0.05) is 6.04 Å². The van der Waals surface area contributed by atoms with E-state index in [1.54, 1.807) is 18.2 Å². The molecule has 96 valence electrons. The number of nitrogens with one attached hydrogen (secondary N) is 1. The van der Waals surface area contributed by atoms with Crippen molar-refractivity contribution in [2.24, 2.45) is 0 Å². The second-order valence-corrected chi connectivity index (χ2v) is 4.27. The number of halogens is 1. The second-order valence-electron chi connectivity index (χ2n) is 4.27. The first-order chi connectivity index (χ1) is 8.06. The van der Waals surface area contributed by atoms with Crippen LogP contribution < -0.4 is 5.32 Å². The molecule has 0 bridgehead atoms. The lowest BCUT2D eigenvalue weighted by atomic mass is 9.98. The molecule has 0 fully saturated rings. The second kappa shape index (κ2) is 6.57. The Labute approximate surface area is 101 Å². The summed E-state index contributed by atoms with van der Waals surface area (Å²) in [7, 11) is 0. The third kappa shape index (κ3) is 3.98. The molecule has 0 saturated carbocycles. The lowest BCUT2D eigenvalue weighted by molar-refractivity contribution is 0.135. The van der Waals surface area contributed by atoms with Crippen molar-refractivity contribution in [1.29, 1.82) is 0 Å². The molecule has 2 unspecified atom stereocenters. The predicted molar refractivity (Wildman–Crippen MR) is 65.9 cm³/mol. The number of aromatic hydroxyl groups is 1. The number of hydrogen-bond acceptors (Lipinski definition) is 3. The molecule has 0 aliphatic carbocycles. The number of phenolic OH excluding ortho intramolecular Hbond substituents is 1. The highest BCUT2D eigenvalue weighted by atomic mass is 19.1. The fourth-order valence-electron chi connectivity index (χ4n) is 1.77. The Kier molecular flexibility index (Phi) is 5.38. The normalized spacial score (nSPS) is 14.6. The molecule has 3 N–H and O–H groups in total. The van der Waals surface area contributed by atoms with Crippen LogP contribution in [-0.4, -0.2) is 29.5 Å². The molecule has 0 aliphatic rings. The Morgan fingerprint density at radius 3 is 2.71 bits per heavy atom. The molecule has 1 aromatic rings. The van der Waals surface area contributed by atoms with Crippen LogP contribution in [0.5, 0.6) is 5.75 Å².